The fourth-order valence-electron chi connectivity index (χ4n) is 1.63. The number of hydrogen-bond donors (Lipinski definition) is 1. The summed E-state index contributed by atoms with van der Waals surface area (Å²) in [7, 11) is 0. The third kappa shape index (κ3) is 2.78. The number of hydrogen-bond acceptors (Lipinski definition) is 1. The number of benzene rings is 2. The van der Waals surface area contributed by atoms with E-state index in [0.29, 0.717) is 5.56 Å². The van der Waals surface area contributed by atoms with E-state index in [9.17, 15) is 14.3 Å². The van der Waals surface area contributed by atoms with E-state index in [0.717, 1.165) is 14.5 Å². The van der Waals surface area contributed by atoms with Crippen molar-refractivity contribution in [3.05, 3.63) is 59.4 Å². The topological polar surface area (TPSA) is 37.3 Å². The Balaban J connectivity index is 2.37. The normalized spacial score (nSPS) is 10.3. The Kier molecular flexibility index (Phi) is 3.80. The molecule has 1 N–H and O–H groups in total. The van der Waals surface area contributed by atoms with Crippen LogP contribution in [0.5, 0.6) is 0 Å². The van der Waals surface area contributed by atoms with Crippen LogP contribution in [0.2, 0.25) is 0 Å². The number of aryl methyl sites for hydroxylation is 1. The minimum absolute atomic E-state index is 0.132. The van der Waals surface area contributed by atoms with Crippen LogP contribution in [-0.4, -0.2) is 26.0 Å². The maximum absolute atomic E-state index is 12.8. The van der Waals surface area contributed by atoms with Crippen LogP contribution in [0, 0.1) is 12.7 Å². The van der Waals surface area contributed by atoms with E-state index >= 15 is 0 Å². The van der Waals surface area contributed by atoms with Gasteiger partial charge in [0.1, 0.15) is 0 Å². The summed E-state index contributed by atoms with van der Waals surface area (Å²) >= 11 is -0.132. The van der Waals surface area contributed by atoms with E-state index < -0.39 is 5.97 Å². The van der Waals surface area contributed by atoms with Crippen LogP contribution >= 0.6 is 0 Å². The molecule has 0 spiro atoms. The first-order valence-corrected chi connectivity index (χ1v) is 7.05. The molecule has 4 heteroatoms. The number of carboxylic acid groups (broad SMARTS) is 1. The average molecular weight is 309 g/mol. The van der Waals surface area contributed by atoms with Crippen LogP contribution in [0.3, 0.4) is 0 Å². The van der Waals surface area contributed by atoms with Gasteiger partial charge in [-0.15, -0.1) is 0 Å². The van der Waals surface area contributed by atoms with E-state index in [4.69, 9.17) is 0 Å². The van der Waals surface area contributed by atoms with Crippen molar-refractivity contribution in [1.29, 1.82) is 0 Å². The summed E-state index contributed by atoms with van der Waals surface area (Å²) < 4.78 is 14.6. The van der Waals surface area contributed by atoms with Crippen molar-refractivity contribution < 1.29 is 14.3 Å². The minimum atomic E-state index is -0.910. The standard InChI is InChI=1S/C14H11FO2Se/c1-9-3-2-4-12(13(9)14(16)17)18-11-7-5-10(15)6-8-11/h2-8H,1H3,(H,16,17). The molecule has 2 aromatic rings. The number of carboxylic acids is 1. The van der Waals surface area contributed by atoms with Gasteiger partial charge in [0, 0.05) is 0 Å². The van der Waals surface area contributed by atoms with Gasteiger partial charge in [-0.3, -0.25) is 0 Å². The Morgan fingerprint density at radius 3 is 2.44 bits per heavy atom. The summed E-state index contributed by atoms with van der Waals surface area (Å²) in [5.74, 6) is -1.19. The molecular formula is C14H11FO2Se. The molecule has 0 aliphatic carbocycles. The summed E-state index contributed by atoms with van der Waals surface area (Å²) in [6.45, 7) is 1.79. The maximum atomic E-state index is 12.8. The Morgan fingerprint density at radius 2 is 1.83 bits per heavy atom. The average Bonchev–Trinajstić information content (AvgIpc) is 2.32. The van der Waals surface area contributed by atoms with Gasteiger partial charge in [-0.05, 0) is 0 Å². The molecular weight excluding hydrogens is 298 g/mol. The van der Waals surface area contributed by atoms with Crippen LogP contribution in [0.1, 0.15) is 15.9 Å². The van der Waals surface area contributed by atoms with E-state index in [1.165, 1.54) is 12.1 Å². The van der Waals surface area contributed by atoms with Gasteiger partial charge in [0.25, 0.3) is 0 Å². The predicted octanol–water partition coefficient (Wildman–Crippen LogP) is 1.49. The Labute approximate surface area is 111 Å². The Hall–Kier alpha value is -1.64. The zero-order chi connectivity index (χ0) is 13.1. The third-order valence-electron chi connectivity index (χ3n) is 2.49. The van der Waals surface area contributed by atoms with Gasteiger partial charge < -0.3 is 0 Å². The first-order valence-electron chi connectivity index (χ1n) is 5.34. The molecule has 0 aromatic heterocycles. The number of halogens is 1. The zero-order valence-corrected chi connectivity index (χ0v) is 11.4. The molecule has 0 aliphatic rings. The van der Waals surface area contributed by atoms with Crippen molar-refractivity contribution in [3.63, 3.8) is 0 Å². The van der Waals surface area contributed by atoms with E-state index in [2.05, 4.69) is 0 Å². The molecule has 18 heavy (non-hydrogen) atoms. The molecule has 0 aliphatic heterocycles. The van der Waals surface area contributed by atoms with Gasteiger partial charge in [-0.25, -0.2) is 0 Å². The van der Waals surface area contributed by atoms with Crippen LogP contribution in [0.4, 0.5) is 4.39 Å². The second-order valence-electron chi connectivity index (χ2n) is 3.81. The molecule has 0 atom stereocenters. The first kappa shape index (κ1) is 12.8. The quantitative estimate of drug-likeness (QED) is 0.872. The second-order valence-corrected chi connectivity index (χ2v) is 6.15. The van der Waals surface area contributed by atoms with Gasteiger partial charge in [0.15, 0.2) is 0 Å². The van der Waals surface area contributed by atoms with Gasteiger partial charge in [-0.2, -0.15) is 0 Å². The molecule has 2 rings (SSSR count). The van der Waals surface area contributed by atoms with E-state index in [1.54, 1.807) is 25.1 Å². The SMILES string of the molecule is Cc1cccc([Se]c2ccc(F)cc2)c1C(=O)O. The van der Waals surface area contributed by atoms with E-state index in [1.807, 2.05) is 12.1 Å². The molecule has 0 fully saturated rings. The number of rotatable bonds is 3. The molecule has 0 saturated heterocycles. The monoisotopic (exact) mass is 310 g/mol. The summed E-state index contributed by atoms with van der Waals surface area (Å²) in [5, 5.41) is 9.22. The van der Waals surface area contributed by atoms with Crippen molar-refractivity contribution in [2.75, 3.05) is 0 Å². The molecule has 92 valence electrons. The molecule has 0 bridgehead atoms. The Bertz CT molecular complexity index is 579. The van der Waals surface area contributed by atoms with Gasteiger partial charge in [0.05, 0.1) is 0 Å². The number of aromatic carboxylic acids is 1. The molecule has 0 amide bonds. The molecule has 2 aromatic carbocycles. The number of carbonyl (C=O) groups is 1. The fraction of sp³-hybridized carbons (Fsp3) is 0.0714. The molecule has 0 heterocycles. The fourth-order valence-corrected chi connectivity index (χ4v) is 3.78. The predicted molar refractivity (Wildman–Crippen MR) is 69.6 cm³/mol. The summed E-state index contributed by atoms with van der Waals surface area (Å²) in [6, 6.07) is 11.6. The summed E-state index contributed by atoms with van der Waals surface area (Å²) in [4.78, 5) is 11.2. The van der Waals surface area contributed by atoms with Crippen LogP contribution in [-0.2, 0) is 0 Å². The van der Waals surface area contributed by atoms with Crippen LogP contribution in [0.15, 0.2) is 42.5 Å². The van der Waals surface area contributed by atoms with Crippen molar-refractivity contribution in [1.82, 2.24) is 0 Å². The van der Waals surface area contributed by atoms with Gasteiger partial charge in [0.2, 0.25) is 0 Å². The van der Waals surface area contributed by atoms with Crippen molar-refractivity contribution in [2.24, 2.45) is 0 Å². The van der Waals surface area contributed by atoms with E-state index in [-0.39, 0.29) is 20.8 Å². The molecule has 0 saturated carbocycles. The van der Waals surface area contributed by atoms with Crippen molar-refractivity contribution in [2.45, 2.75) is 6.92 Å². The summed E-state index contributed by atoms with van der Waals surface area (Å²) in [6.07, 6.45) is 0. The van der Waals surface area contributed by atoms with Crippen LogP contribution in [0.25, 0.3) is 0 Å². The second kappa shape index (κ2) is 5.34. The van der Waals surface area contributed by atoms with Crippen LogP contribution < -0.4 is 8.92 Å². The molecule has 2 nitrogen and oxygen atoms in total. The van der Waals surface area contributed by atoms with Crippen molar-refractivity contribution >= 4 is 29.8 Å². The first-order chi connectivity index (χ1) is 8.58. The summed E-state index contributed by atoms with van der Waals surface area (Å²) in [5.41, 5.74) is 1.12. The van der Waals surface area contributed by atoms with Gasteiger partial charge >= 0.3 is 110 Å². The zero-order valence-electron chi connectivity index (χ0n) is 9.68. The van der Waals surface area contributed by atoms with Crippen molar-refractivity contribution in [3.8, 4) is 0 Å². The van der Waals surface area contributed by atoms with Gasteiger partial charge in [-0.1, -0.05) is 0 Å². The third-order valence-corrected chi connectivity index (χ3v) is 4.73. The molecule has 0 unspecified atom stereocenters. The molecule has 0 radical (unpaired) electrons. The Morgan fingerprint density at radius 1 is 1.17 bits per heavy atom.